The number of aromatic nitrogens is 2. The Bertz CT molecular complexity index is 844. The van der Waals surface area contributed by atoms with Crippen LogP contribution >= 0.6 is 0 Å². The molecular weight excluding hydrogens is 330 g/mol. The Morgan fingerprint density at radius 1 is 1.12 bits per heavy atom. The average Bonchev–Trinajstić information content (AvgIpc) is 3.11. The molecule has 134 valence electrons. The minimum atomic E-state index is -0.382. The Labute approximate surface area is 152 Å². The summed E-state index contributed by atoms with van der Waals surface area (Å²) >= 11 is 0. The van der Waals surface area contributed by atoms with E-state index in [2.05, 4.69) is 10.3 Å². The number of carbonyl (C=O) groups excluding carboxylic acids is 1. The molecule has 26 heavy (non-hydrogen) atoms. The highest BCUT2D eigenvalue weighted by Crippen LogP contribution is 2.23. The van der Waals surface area contributed by atoms with Gasteiger partial charge in [0.2, 0.25) is 0 Å². The maximum atomic E-state index is 12.4. The molecule has 1 amide bonds. The molecule has 0 spiro atoms. The van der Waals surface area contributed by atoms with Gasteiger partial charge in [0.1, 0.15) is 23.4 Å². The SMILES string of the molecule is COc1ccc([C@@H](NC(=O)COc2ccccc2)c2nccn2C)cc1. The van der Waals surface area contributed by atoms with Crippen LogP contribution in [0.1, 0.15) is 17.4 Å². The largest absolute Gasteiger partial charge is 0.497 e. The Morgan fingerprint density at radius 2 is 1.85 bits per heavy atom. The van der Waals surface area contributed by atoms with Crippen LogP contribution in [0.15, 0.2) is 67.0 Å². The second-order valence-corrected chi connectivity index (χ2v) is 5.77. The van der Waals surface area contributed by atoms with E-state index in [1.807, 2.05) is 72.4 Å². The molecule has 0 aliphatic heterocycles. The normalized spacial score (nSPS) is 11.6. The molecule has 3 aromatic rings. The molecular formula is C20H21N3O3. The minimum Gasteiger partial charge on any atom is -0.497 e. The van der Waals surface area contributed by atoms with Crippen LogP contribution in [0.2, 0.25) is 0 Å². The van der Waals surface area contributed by atoms with Gasteiger partial charge in [-0.1, -0.05) is 30.3 Å². The Balaban J connectivity index is 1.75. The summed E-state index contributed by atoms with van der Waals surface area (Å²) in [6.07, 6.45) is 3.55. The van der Waals surface area contributed by atoms with E-state index in [4.69, 9.17) is 9.47 Å². The highest BCUT2D eigenvalue weighted by atomic mass is 16.5. The van der Waals surface area contributed by atoms with Crippen molar-refractivity contribution in [3.05, 3.63) is 78.4 Å². The van der Waals surface area contributed by atoms with E-state index in [9.17, 15) is 4.79 Å². The second-order valence-electron chi connectivity index (χ2n) is 5.77. The number of para-hydroxylation sites is 1. The summed E-state index contributed by atoms with van der Waals surface area (Å²) in [6, 6.07) is 16.4. The first kappa shape index (κ1) is 17.5. The van der Waals surface area contributed by atoms with Gasteiger partial charge in [-0.25, -0.2) is 4.98 Å². The Morgan fingerprint density at radius 3 is 2.46 bits per heavy atom. The number of nitrogens with one attached hydrogen (secondary N) is 1. The lowest BCUT2D eigenvalue weighted by molar-refractivity contribution is -0.123. The maximum Gasteiger partial charge on any atom is 0.258 e. The molecule has 0 aliphatic carbocycles. The number of hydrogen-bond donors (Lipinski definition) is 1. The van der Waals surface area contributed by atoms with Crippen LogP contribution in [0.5, 0.6) is 11.5 Å². The summed E-state index contributed by atoms with van der Waals surface area (Å²) in [5.41, 5.74) is 0.910. The number of benzene rings is 2. The molecule has 0 fully saturated rings. The molecule has 1 N–H and O–H groups in total. The van der Waals surface area contributed by atoms with E-state index in [1.165, 1.54) is 0 Å². The summed E-state index contributed by atoms with van der Waals surface area (Å²) in [7, 11) is 3.51. The van der Waals surface area contributed by atoms with Crippen molar-refractivity contribution in [2.75, 3.05) is 13.7 Å². The molecule has 2 aromatic carbocycles. The molecule has 3 rings (SSSR count). The average molecular weight is 351 g/mol. The predicted octanol–water partition coefficient (Wildman–Crippen LogP) is 2.71. The molecule has 0 bridgehead atoms. The number of nitrogens with zero attached hydrogens (tertiary/aromatic N) is 2. The van der Waals surface area contributed by atoms with Crippen molar-refractivity contribution < 1.29 is 14.3 Å². The summed E-state index contributed by atoms with van der Waals surface area (Å²) in [6.45, 7) is -0.0684. The van der Waals surface area contributed by atoms with E-state index >= 15 is 0 Å². The lowest BCUT2D eigenvalue weighted by Gasteiger charge is -2.19. The number of hydrogen-bond acceptors (Lipinski definition) is 4. The van der Waals surface area contributed by atoms with Gasteiger partial charge in [-0.15, -0.1) is 0 Å². The van der Waals surface area contributed by atoms with E-state index in [0.717, 1.165) is 17.1 Å². The molecule has 0 radical (unpaired) electrons. The van der Waals surface area contributed by atoms with Gasteiger partial charge in [-0.05, 0) is 29.8 Å². The standard InChI is InChI=1S/C20H21N3O3/c1-23-13-12-21-20(23)19(15-8-10-16(25-2)11-9-15)22-18(24)14-26-17-6-4-3-5-7-17/h3-13,19H,14H2,1-2H3,(H,22,24)/t19-/m1/s1. The van der Waals surface area contributed by atoms with Crippen LogP contribution < -0.4 is 14.8 Å². The van der Waals surface area contributed by atoms with Gasteiger partial charge in [-0.3, -0.25) is 4.79 Å². The molecule has 0 aliphatic rings. The van der Waals surface area contributed by atoms with Crippen LogP contribution in [-0.4, -0.2) is 29.2 Å². The number of aryl methyl sites for hydroxylation is 1. The van der Waals surface area contributed by atoms with Gasteiger partial charge in [0.25, 0.3) is 5.91 Å². The Kier molecular flexibility index (Phi) is 5.53. The minimum absolute atomic E-state index is 0.0684. The number of carbonyl (C=O) groups is 1. The lowest BCUT2D eigenvalue weighted by atomic mass is 10.1. The number of imidazole rings is 1. The number of rotatable bonds is 7. The van der Waals surface area contributed by atoms with Crippen molar-refractivity contribution in [2.24, 2.45) is 7.05 Å². The van der Waals surface area contributed by atoms with Gasteiger partial charge in [0.05, 0.1) is 7.11 Å². The van der Waals surface area contributed by atoms with Crippen molar-refractivity contribution in [1.82, 2.24) is 14.9 Å². The van der Waals surface area contributed by atoms with Crippen molar-refractivity contribution in [3.8, 4) is 11.5 Å². The molecule has 0 saturated carbocycles. The highest BCUT2D eigenvalue weighted by Gasteiger charge is 2.21. The van der Waals surface area contributed by atoms with E-state index in [-0.39, 0.29) is 18.6 Å². The molecule has 1 aromatic heterocycles. The zero-order valence-corrected chi connectivity index (χ0v) is 14.8. The van der Waals surface area contributed by atoms with E-state index in [0.29, 0.717) is 5.75 Å². The monoisotopic (exact) mass is 351 g/mol. The van der Waals surface area contributed by atoms with Gasteiger partial charge >= 0.3 is 0 Å². The number of ether oxygens (including phenoxy) is 2. The molecule has 0 unspecified atom stereocenters. The first-order chi connectivity index (χ1) is 12.7. The lowest BCUT2D eigenvalue weighted by Crippen LogP contribution is -2.34. The van der Waals surface area contributed by atoms with Gasteiger partial charge < -0.3 is 19.4 Å². The summed E-state index contributed by atoms with van der Waals surface area (Å²) in [4.78, 5) is 16.8. The molecule has 1 heterocycles. The first-order valence-corrected chi connectivity index (χ1v) is 8.26. The third-order valence-corrected chi connectivity index (χ3v) is 3.98. The Hall–Kier alpha value is -3.28. The fourth-order valence-electron chi connectivity index (χ4n) is 2.62. The topological polar surface area (TPSA) is 65.4 Å². The zero-order valence-electron chi connectivity index (χ0n) is 14.8. The van der Waals surface area contributed by atoms with Crippen molar-refractivity contribution in [1.29, 1.82) is 0 Å². The van der Waals surface area contributed by atoms with Crippen LogP contribution in [-0.2, 0) is 11.8 Å². The predicted molar refractivity (Wildman–Crippen MR) is 98.1 cm³/mol. The summed E-state index contributed by atoms with van der Waals surface area (Å²) in [5, 5.41) is 3.00. The molecule has 6 nitrogen and oxygen atoms in total. The van der Waals surface area contributed by atoms with Crippen molar-refractivity contribution in [3.63, 3.8) is 0 Å². The molecule has 1 atom stereocenters. The van der Waals surface area contributed by atoms with Crippen LogP contribution in [0.4, 0.5) is 0 Å². The zero-order chi connectivity index (χ0) is 18.4. The van der Waals surface area contributed by atoms with Crippen molar-refractivity contribution >= 4 is 5.91 Å². The highest BCUT2D eigenvalue weighted by molar-refractivity contribution is 5.78. The van der Waals surface area contributed by atoms with Gasteiger partial charge in [0.15, 0.2) is 6.61 Å². The first-order valence-electron chi connectivity index (χ1n) is 8.26. The maximum absolute atomic E-state index is 12.4. The van der Waals surface area contributed by atoms with Crippen molar-refractivity contribution in [2.45, 2.75) is 6.04 Å². The van der Waals surface area contributed by atoms with Crippen LogP contribution in [0.25, 0.3) is 0 Å². The smallest absolute Gasteiger partial charge is 0.258 e. The molecule has 0 saturated heterocycles. The van der Waals surface area contributed by atoms with Gasteiger partial charge in [0, 0.05) is 19.4 Å². The summed E-state index contributed by atoms with van der Waals surface area (Å²) in [5.74, 6) is 1.92. The van der Waals surface area contributed by atoms with Crippen LogP contribution in [0, 0.1) is 0 Å². The van der Waals surface area contributed by atoms with E-state index < -0.39 is 0 Å². The molecule has 6 heteroatoms. The fourth-order valence-corrected chi connectivity index (χ4v) is 2.62. The quantitative estimate of drug-likeness (QED) is 0.711. The third-order valence-electron chi connectivity index (χ3n) is 3.98. The number of amides is 1. The number of methoxy groups -OCH3 is 1. The summed E-state index contributed by atoms with van der Waals surface area (Å²) < 4.78 is 12.6. The third kappa shape index (κ3) is 4.22. The fraction of sp³-hybridized carbons (Fsp3) is 0.200. The van der Waals surface area contributed by atoms with Crippen LogP contribution in [0.3, 0.4) is 0 Å². The van der Waals surface area contributed by atoms with Gasteiger partial charge in [-0.2, -0.15) is 0 Å². The second kappa shape index (κ2) is 8.20. The van der Waals surface area contributed by atoms with E-state index in [1.54, 1.807) is 13.3 Å².